The van der Waals surface area contributed by atoms with Crippen molar-refractivity contribution in [3.8, 4) is 55.8 Å². The molecule has 0 unspecified atom stereocenters. The molecule has 0 aliphatic rings. The first-order valence-electron chi connectivity index (χ1n) is 19.4. The molecule has 0 N–H and O–H groups in total. The van der Waals surface area contributed by atoms with Crippen molar-refractivity contribution in [1.82, 2.24) is 4.98 Å². The average molecular weight is 694 g/mol. The van der Waals surface area contributed by atoms with Gasteiger partial charge in [-0.3, -0.25) is 0 Å². The molecule has 0 saturated heterocycles. The summed E-state index contributed by atoms with van der Waals surface area (Å²) in [6.45, 7) is 2.27. The van der Waals surface area contributed by atoms with Gasteiger partial charge in [0.1, 0.15) is 0 Å². The van der Waals surface area contributed by atoms with Crippen molar-refractivity contribution in [2.24, 2.45) is 0 Å². The second-order valence-electron chi connectivity index (χ2n) is 14.4. The molecule has 0 saturated carbocycles. The van der Waals surface area contributed by atoms with E-state index < -0.39 is 0 Å². The molecule has 0 spiro atoms. The number of aromatic nitrogens is 1. The SMILES string of the molecule is CCCCCCc1ccc(-c2cc(-c3ccccc3)c3cccc(-c4cccc(-c5c6ccccc6c(-c6ccccc6)c6ccccc56)c4)c3n2)cc1. The van der Waals surface area contributed by atoms with Crippen LogP contribution in [0.25, 0.3) is 88.2 Å². The Morgan fingerprint density at radius 2 is 0.907 bits per heavy atom. The van der Waals surface area contributed by atoms with Gasteiger partial charge in [-0.25, -0.2) is 4.98 Å². The molecular formula is C53H43N. The molecule has 260 valence electrons. The zero-order chi connectivity index (χ0) is 36.3. The average Bonchev–Trinajstić information content (AvgIpc) is 3.24. The maximum Gasteiger partial charge on any atom is 0.0794 e. The van der Waals surface area contributed by atoms with Crippen molar-refractivity contribution in [1.29, 1.82) is 0 Å². The van der Waals surface area contributed by atoms with E-state index in [1.54, 1.807) is 0 Å². The van der Waals surface area contributed by atoms with E-state index in [0.29, 0.717) is 0 Å². The molecule has 1 heterocycles. The van der Waals surface area contributed by atoms with Gasteiger partial charge in [0.25, 0.3) is 0 Å². The van der Waals surface area contributed by atoms with Crippen molar-refractivity contribution < 1.29 is 0 Å². The molecule has 1 nitrogen and oxygen atoms in total. The number of fused-ring (bicyclic) bond motifs is 3. The van der Waals surface area contributed by atoms with Crippen LogP contribution in [0.4, 0.5) is 0 Å². The summed E-state index contributed by atoms with van der Waals surface area (Å²) < 4.78 is 0. The van der Waals surface area contributed by atoms with E-state index in [2.05, 4.69) is 189 Å². The Morgan fingerprint density at radius 3 is 1.56 bits per heavy atom. The van der Waals surface area contributed by atoms with Gasteiger partial charge in [-0.1, -0.05) is 196 Å². The summed E-state index contributed by atoms with van der Waals surface area (Å²) in [6, 6.07) is 66.5. The van der Waals surface area contributed by atoms with Crippen molar-refractivity contribution >= 4 is 32.4 Å². The number of hydrogen-bond donors (Lipinski definition) is 0. The van der Waals surface area contributed by atoms with Crippen LogP contribution in [-0.2, 0) is 6.42 Å². The van der Waals surface area contributed by atoms with E-state index in [4.69, 9.17) is 4.98 Å². The third-order valence-corrected chi connectivity index (χ3v) is 10.9. The minimum Gasteiger partial charge on any atom is -0.247 e. The zero-order valence-corrected chi connectivity index (χ0v) is 30.8. The Kier molecular flexibility index (Phi) is 9.29. The molecule has 0 radical (unpaired) electrons. The Balaban J connectivity index is 1.21. The molecule has 54 heavy (non-hydrogen) atoms. The third-order valence-electron chi connectivity index (χ3n) is 10.9. The largest absolute Gasteiger partial charge is 0.247 e. The number of unbranched alkanes of at least 4 members (excludes halogenated alkanes) is 3. The lowest BCUT2D eigenvalue weighted by Crippen LogP contribution is -1.94. The number of pyridine rings is 1. The Bertz CT molecular complexity index is 2670. The van der Waals surface area contributed by atoms with E-state index in [0.717, 1.165) is 39.7 Å². The molecule has 9 rings (SSSR count). The Morgan fingerprint density at radius 1 is 0.370 bits per heavy atom. The first kappa shape index (κ1) is 33.5. The molecule has 0 bridgehead atoms. The van der Waals surface area contributed by atoms with Crippen LogP contribution in [0.2, 0.25) is 0 Å². The first-order chi connectivity index (χ1) is 26.8. The second-order valence-corrected chi connectivity index (χ2v) is 14.4. The third kappa shape index (κ3) is 6.37. The van der Waals surface area contributed by atoms with Crippen LogP contribution in [-0.4, -0.2) is 4.98 Å². The van der Waals surface area contributed by atoms with Gasteiger partial charge >= 0.3 is 0 Å². The fraction of sp³-hybridized carbons (Fsp3) is 0.113. The van der Waals surface area contributed by atoms with Crippen LogP contribution in [0.15, 0.2) is 182 Å². The van der Waals surface area contributed by atoms with Gasteiger partial charge in [0.15, 0.2) is 0 Å². The van der Waals surface area contributed by atoms with Gasteiger partial charge < -0.3 is 0 Å². The topological polar surface area (TPSA) is 12.9 Å². The molecular weight excluding hydrogens is 651 g/mol. The molecule has 1 aromatic heterocycles. The van der Waals surface area contributed by atoms with E-state index >= 15 is 0 Å². The minimum absolute atomic E-state index is 0.996. The van der Waals surface area contributed by atoms with Gasteiger partial charge in [-0.2, -0.15) is 0 Å². The normalized spacial score (nSPS) is 11.4. The molecule has 1 heteroatoms. The van der Waals surface area contributed by atoms with E-state index in [1.165, 1.54) is 86.2 Å². The van der Waals surface area contributed by atoms with Gasteiger partial charge in [0, 0.05) is 16.5 Å². The lowest BCUT2D eigenvalue weighted by Gasteiger charge is -2.18. The van der Waals surface area contributed by atoms with Crippen LogP contribution in [0, 0.1) is 0 Å². The van der Waals surface area contributed by atoms with E-state index in [1.807, 2.05) is 0 Å². The smallest absolute Gasteiger partial charge is 0.0794 e. The van der Waals surface area contributed by atoms with Gasteiger partial charge in [0.2, 0.25) is 0 Å². The van der Waals surface area contributed by atoms with Crippen LogP contribution >= 0.6 is 0 Å². The van der Waals surface area contributed by atoms with E-state index in [9.17, 15) is 0 Å². The van der Waals surface area contributed by atoms with Crippen LogP contribution in [0.5, 0.6) is 0 Å². The first-order valence-corrected chi connectivity index (χ1v) is 19.4. The van der Waals surface area contributed by atoms with Gasteiger partial charge in [0.05, 0.1) is 11.2 Å². The predicted octanol–water partition coefficient (Wildman–Crippen LogP) is 15.0. The lowest BCUT2D eigenvalue weighted by molar-refractivity contribution is 0.667. The van der Waals surface area contributed by atoms with E-state index in [-0.39, 0.29) is 0 Å². The Labute approximate surface area is 318 Å². The highest BCUT2D eigenvalue weighted by Crippen LogP contribution is 2.45. The van der Waals surface area contributed by atoms with Crippen molar-refractivity contribution in [3.63, 3.8) is 0 Å². The summed E-state index contributed by atoms with van der Waals surface area (Å²) in [7, 11) is 0. The number of rotatable bonds is 10. The van der Waals surface area contributed by atoms with Crippen LogP contribution in [0.1, 0.15) is 38.2 Å². The standard InChI is InChI=1S/C53H43N/c1-2-3-4-7-18-37-31-33-39(34-32-37)50-36-49(38-19-8-5-9-20-38)48-30-17-29-43(53(48)54-50)41-23-16-24-42(35-41)52-46-27-14-12-25-44(46)51(40-21-10-6-11-22-40)45-26-13-15-28-47(45)52/h5-6,8-17,19-36H,2-4,7,18H2,1H3. The summed E-state index contributed by atoms with van der Waals surface area (Å²) >= 11 is 0. The van der Waals surface area contributed by atoms with Gasteiger partial charge in [-0.15, -0.1) is 0 Å². The fourth-order valence-electron chi connectivity index (χ4n) is 8.28. The highest BCUT2D eigenvalue weighted by atomic mass is 14.7. The monoisotopic (exact) mass is 693 g/mol. The summed E-state index contributed by atoms with van der Waals surface area (Å²) in [6.07, 6.45) is 6.23. The van der Waals surface area contributed by atoms with Crippen molar-refractivity contribution in [3.05, 3.63) is 188 Å². The number of para-hydroxylation sites is 1. The number of hydrogen-bond acceptors (Lipinski definition) is 1. The zero-order valence-electron chi connectivity index (χ0n) is 30.8. The molecule has 8 aromatic carbocycles. The van der Waals surface area contributed by atoms with Crippen LogP contribution in [0.3, 0.4) is 0 Å². The van der Waals surface area contributed by atoms with Crippen molar-refractivity contribution in [2.75, 3.05) is 0 Å². The summed E-state index contributed by atoms with van der Waals surface area (Å²) in [4.78, 5) is 5.47. The molecule has 0 aliphatic carbocycles. The van der Waals surface area contributed by atoms with Crippen molar-refractivity contribution in [2.45, 2.75) is 39.0 Å². The number of aryl methyl sites for hydroxylation is 1. The lowest BCUT2D eigenvalue weighted by atomic mass is 9.85. The summed E-state index contributed by atoms with van der Waals surface area (Å²) in [5.74, 6) is 0. The second kappa shape index (κ2) is 15.0. The highest BCUT2D eigenvalue weighted by molar-refractivity contribution is 6.21. The molecule has 0 fully saturated rings. The number of benzene rings is 8. The fourth-order valence-corrected chi connectivity index (χ4v) is 8.28. The maximum absolute atomic E-state index is 5.47. The Hall–Kier alpha value is -6.31. The minimum atomic E-state index is 0.996. The molecule has 0 aliphatic heterocycles. The van der Waals surface area contributed by atoms with Gasteiger partial charge in [-0.05, 0) is 91.0 Å². The van der Waals surface area contributed by atoms with Crippen LogP contribution < -0.4 is 0 Å². The molecule has 0 amide bonds. The highest BCUT2D eigenvalue weighted by Gasteiger charge is 2.18. The predicted molar refractivity (Wildman–Crippen MR) is 232 cm³/mol. The number of nitrogens with zero attached hydrogens (tertiary/aromatic N) is 1. The molecule has 0 atom stereocenters. The summed E-state index contributed by atoms with van der Waals surface area (Å²) in [5.41, 5.74) is 14.2. The maximum atomic E-state index is 5.47. The molecule has 9 aromatic rings. The summed E-state index contributed by atoms with van der Waals surface area (Å²) in [5, 5.41) is 6.19. The quantitative estimate of drug-likeness (QED) is 0.103.